The summed E-state index contributed by atoms with van der Waals surface area (Å²) in [5, 5.41) is 17.0. The summed E-state index contributed by atoms with van der Waals surface area (Å²) >= 11 is 5.91. The van der Waals surface area contributed by atoms with E-state index in [1.165, 1.54) is 5.56 Å². The Morgan fingerprint density at radius 2 is 1.96 bits per heavy atom. The molecule has 2 rings (SSSR count). The van der Waals surface area contributed by atoms with Crippen molar-refractivity contribution in [2.75, 3.05) is 39.3 Å². The van der Waals surface area contributed by atoms with Crippen molar-refractivity contribution in [3.8, 4) is 0 Å². The van der Waals surface area contributed by atoms with Gasteiger partial charge in [0.05, 0.1) is 6.10 Å². The minimum absolute atomic E-state index is 0.0977. The van der Waals surface area contributed by atoms with Crippen LogP contribution in [0.15, 0.2) is 29.3 Å². The van der Waals surface area contributed by atoms with Crippen molar-refractivity contribution in [3.63, 3.8) is 0 Å². The number of guanidine groups is 1. The zero-order valence-corrected chi connectivity index (χ0v) is 15.9. The summed E-state index contributed by atoms with van der Waals surface area (Å²) in [5.41, 5.74) is 1.26. The largest absolute Gasteiger partial charge is 0.393 e. The van der Waals surface area contributed by atoms with Gasteiger partial charge in [-0.2, -0.15) is 0 Å². The number of piperidine rings is 1. The predicted molar refractivity (Wildman–Crippen MR) is 105 cm³/mol. The highest BCUT2D eigenvalue weighted by molar-refractivity contribution is 6.30. The Balaban J connectivity index is 1.66. The third-order valence-electron chi connectivity index (χ3n) is 4.42. The van der Waals surface area contributed by atoms with Gasteiger partial charge in [0.15, 0.2) is 5.96 Å². The van der Waals surface area contributed by atoms with E-state index in [1.54, 1.807) is 0 Å². The van der Waals surface area contributed by atoms with Crippen molar-refractivity contribution in [2.45, 2.75) is 38.7 Å². The molecule has 0 atom stereocenters. The molecule has 1 heterocycles. The van der Waals surface area contributed by atoms with E-state index < -0.39 is 0 Å². The first-order valence-electron chi connectivity index (χ1n) is 9.34. The van der Waals surface area contributed by atoms with Crippen molar-refractivity contribution < 1.29 is 5.11 Å². The van der Waals surface area contributed by atoms with Gasteiger partial charge in [0.25, 0.3) is 0 Å². The molecule has 0 aliphatic carbocycles. The molecule has 1 aromatic carbocycles. The zero-order chi connectivity index (χ0) is 17.9. The molecule has 1 aromatic rings. The topological polar surface area (TPSA) is 59.9 Å². The molecule has 3 N–H and O–H groups in total. The van der Waals surface area contributed by atoms with E-state index in [2.05, 4.69) is 39.6 Å². The number of aliphatic hydroxyl groups excluding tert-OH is 1. The maximum absolute atomic E-state index is 9.54. The molecule has 1 fully saturated rings. The van der Waals surface area contributed by atoms with Crippen LogP contribution in [-0.2, 0) is 6.42 Å². The van der Waals surface area contributed by atoms with E-state index in [0.717, 1.165) is 75.9 Å². The smallest absolute Gasteiger partial charge is 0.191 e. The van der Waals surface area contributed by atoms with Crippen molar-refractivity contribution in [2.24, 2.45) is 4.99 Å². The zero-order valence-electron chi connectivity index (χ0n) is 15.2. The molecule has 6 heteroatoms. The predicted octanol–water partition coefficient (Wildman–Crippen LogP) is 2.28. The summed E-state index contributed by atoms with van der Waals surface area (Å²) in [5.74, 6) is 0.880. The summed E-state index contributed by atoms with van der Waals surface area (Å²) in [6, 6.07) is 7.97. The first-order valence-corrected chi connectivity index (χ1v) is 9.72. The minimum Gasteiger partial charge on any atom is -0.393 e. The average Bonchev–Trinajstić information content (AvgIpc) is 2.62. The Kier molecular flexibility index (Phi) is 9.08. The number of halogens is 1. The second-order valence-corrected chi connectivity index (χ2v) is 6.93. The Labute approximate surface area is 156 Å². The lowest BCUT2D eigenvalue weighted by Gasteiger charge is -2.29. The van der Waals surface area contributed by atoms with Crippen molar-refractivity contribution in [1.82, 2.24) is 15.5 Å². The summed E-state index contributed by atoms with van der Waals surface area (Å²) in [4.78, 5) is 7.08. The molecule has 5 nitrogen and oxygen atoms in total. The third-order valence-corrected chi connectivity index (χ3v) is 4.68. The lowest BCUT2D eigenvalue weighted by atomic mass is 10.1. The highest BCUT2D eigenvalue weighted by Crippen LogP contribution is 2.10. The standard InChI is InChI=1S/C19H31ClN4O/c1-2-21-19(23-12-8-16-4-6-17(20)7-5-16)22-11-3-13-24-14-9-18(25)10-15-24/h4-7,18,25H,2-3,8-15H2,1H3,(H2,21,22,23). The van der Waals surface area contributed by atoms with Crippen LogP contribution < -0.4 is 10.6 Å². The number of benzene rings is 1. The van der Waals surface area contributed by atoms with Gasteiger partial charge in [0.2, 0.25) is 0 Å². The van der Waals surface area contributed by atoms with Gasteiger partial charge in [0, 0.05) is 37.7 Å². The average molecular weight is 367 g/mol. The van der Waals surface area contributed by atoms with E-state index in [-0.39, 0.29) is 6.10 Å². The number of aliphatic hydroxyl groups is 1. The van der Waals surface area contributed by atoms with E-state index >= 15 is 0 Å². The van der Waals surface area contributed by atoms with Crippen LogP contribution in [0.25, 0.3) is 0 Å². The number of nitrogens with zero attached hydrogens (tertiary/aromatic N) is 2. The SMILES string of the molecule is CCNC(=NCCCN1CCC(O)CC1)NCCc1ccc(Cl)cc1. The maximum Gasteiger partial charge on any atom is 0.191 e. The molecule has 0 aromatic heterocycles. The van der Waals surface area contributed by atoms with Crippen LogP contribution in [0.4, 0.5) is 0 Å². The van der Waals surface area contributed by atoms with Crippen LogP contribution in [-0.4, -0.2) is 61.3 Å². The number of nitrogens with one attached hydrogen (secondary N) is 2. The normalized spacial score (nSPS) is 16.8. The molecule has 1 aliphatic rings. The van der Waals surface area contributed by atoms with E-state index in [1.807, 2.05) is 12.1 Å². The van der Waals surface area contributed by atoms with Gasteiger partial charge < -0.3 is 20.6 Å². The monoisotopic (exact) mass is 366 g/mol. The summed E-state index contributed by atoms with van der Waals surface area (Å²) < 4.78 is 0. The maximum atomic E-state index is 9.54. The van der Waals surface area contributed by atoms with Gasteiger partial charge in [0.1, 0.15) is 0 Å². The second kappa shape index (κ2) is 11.3. The fourth-order valence-electron chi connectivity index (χ4n) is 2.95. The third kappa shape index (κ3) is 8.08. The number of likely N-dealkylation sites (tertiary alicyclic amines) is 1. The summed E-state index contributed by atoms with van der Waals surface area (Å²) in [7, 11) is 0. The summed E-state index contributed by atoms with van der Waals surface area (Å²) in [6.45, 7) is 7.66. The second-order valence-electron chi connectivity index (χ2n) is 6.49. The minimum atomic E-state index is -0.0977. The van der Waals surface area contributed by atoms with Crippen molar-refractivity contribution >= 4 is 17.6 Å². The quantitative estimate of drug-likeness (QED) is 0.375. The van der Waals surface area contributed by atoms with Crippen molar-refractivity contribution in [3.05, 3.63) is 34.9 Å². The molecular formula is C19H31ClN4O. The molecule has 0 unspecified atom stereocenters. The number of hydrogen-bond donors (Lipinski definition) is 3. The molecule has 140 valence electrons. The van der Waals surface area contributed by atoms with E-state index in [0.29, 0.717) is 0 Å². The Morgan fingerprint density at radius 3 is 2.64 bits per heavy atom. The fraction of sp³-hybridized carbons (Fsp3) is 0.632. The lowest BCUT2D eigenvalue weighted by Crippen LogP contribution is -2.39. The molecule has 1 saturated heterocycles. The fourth-order valence-corrected chi connectivity index (χ4v) is 3.07. The van der Waals surface area contributed by atoms with Crippen LogP contribution in [0.5, 0.6) is 0 Å². The van der Waals surface area contributed by atoms with Crippen LogP contribution >= 0.6 is 11.6 Å². The van der Waals surface area contributed by atoms with Gasteiger partial charge in [-0.25, -0.2) is 0 Å². The first kappa shape index (κ1) is 20.0. The highest BCUT2D eigenvalue weighted by Gasteiger charge is 2.15. The molecule has 0 spiro atoms. The van der Waals surface area contributed by atoms with Gasteiger partial charge in [-0.15, -0.1) is 0 Å². The van der Waals surface area contributed by atoms with Gasteiger partial charge in [-0.05, 0) is 56.8 Å². The molecule has 0 saturated carbocycles. The van der Waals surface area contributed by atoms with Crippen LogP contribution in [0.1, 0.15) is 31.7 Å². The molecule has 0 radical (unpaired) electrons. The summed E-state index contributed by atoms with van der Waals surface area (Å²) in [6.07, 6.45) is 3.69. The van der Waals surface area contributed by atoms with Gasteiger partial charge >= 0.3 is 0 Å². The van der Waals surface area contributed by atoms with Gasteiger partial charge in [-0.3, -0.25) is 4.99 Å². The van der Waals surface area contributed by atoms with Crippen molar-refractivity contribution in [1.29, 1.82) is 0 Å². The van der Waals surface area contributed by atoms with Crippen LogP contribution in [0, 0.1) is 0 Å². The molecule has 1 aliphatic heterocycles. The Bertz CT molecular complexity index is 513. The number of hydrogen-bond acceptors (Lipinski definition) is 3. The number of aliphatic imine (C=N–C) groups is 1. The lowest BCUT2D eigenvalue weighted by molar-refractivity contribution is 0.0824. The molecule has 0 amide bonds. The molecule has 0 bridgehead atoms. The Hall–Kier alpha value is -1.30. The van der Waals surface area contributed by atoms with Crippen LogP contribution in [0.2, 0.25) is 5.02 Å². The first-order chi connectivity index (χ1) is 12.2. The number of rotatable bonds is 8. The highest BCUT2D eigenvalue weighted by atomic mass is 35.5. The van der Waals surface area contributed by atoms with E-state index in [9.17, 15) is 5.11 Å². The Morgan fingerprint density at radius 1 is 1.24 bits per heavy atom. The molecule has 25 heavy (non-hydrogen) atoms. The van der Waals surface area contributed by atoms with E-state index in [4.69, 9.17) is 11.6 Å². The van der Waals surface area contributed by atoms with Gasteiger partial charge in [-0.1, -0.05) is 23.7 Å². The van der Waals surface area contributed by atoms with Crippen LogP contribution in [0.3, 0.4) is 0 Å². The molecular weight excluding hydrogens is 336 g/mol.